The maximum absolute atomic E-state index is 9.42. The van der Waals surface area contributed by atoms with Crippen LogP contribution in [0, 0.1) is 0 Å². The number of phenols is 1. The van der Waals surface area contributed by atoms with Gasteiger partial charge in [-0.1, -0.05) is 57.9 Å². The van der Waals surface area contributed by atoms with E-state index in [4.69, 9.17) is 0 Å². The Hall–Kier alpha value is -0.540. The fourth-order valence-corrected chi connectivity index (χ4v) is 2.70. The number of phenolic OH excluding ortho intramolecular Hbond substituents is 1. The van der Waals surface area contributed by atoms with Gasteiger partial charge in [0.15, 0.2) is 0 Å². The topological polar surface area (TPSA) is 32.3 Å². The molecule has 1 aromatic rings. The first-order valence-electron chi connectivity index (χ1n) is 7.92. The van der Waals surface area contributed by atoms with Crippen LogP contribution >= 0.6 is 15.9 Å². The lowest BCUT2D eigenvalue weighted by Gasteiger charge is -2.06. The van der Waals surface area contributed by atoms with E-state index in [0.29, 0.717) is 5.75 Å². The van der Waals surface area contributed by atoms with Gasteiger partial charge in [0.2, 0.25) is 0 Å². The number of hydrogen-bond acceptors (Lipinski definition) is 2. The van der Waals surface area contributed by atoms with Gasteiger partial charge < -0.3 is 10.4 Å². The van der Waals surface area contributed by atoms with Gasteiger partial charge in [-0.2, -0.15) is 0 Å². The van der Waals surface area contributed by atoms with Crippen LogP contribution in [0.25, 0.3) is 0 Å². The van der Waals surface area contributed by atoms with Crippen LogP contribution in [0.1, 0.15) is 63.9 Å². The van der Waals surface area contributed by atoms with Crippen LogP contribution in [-0.4, -0.2) is 11.7 Å². The standard InChI is InChI=1S/C17H28BrNO/c1-2-3-4-5-6-7-8-9-12-19-14-15-10-11-17(20)16(18)13-15/h10-11,13,19-20H,2-9,12,14H2,1H3. The predicted molar refractivity (Wildman–Crippen MR) is 90.1 cm³/mol. The van der Waals surface area contributed by atoms with Gasteiger partial charge >= 0.3 is 0 Å². The molecule has 0 saturated carbocycles. The molecule has 0 aliphatic rings. The summed E-state index contributed by atoms with van der Waals surface area (Å²) in [6, 6.07) is 5.66. The van der Waals surface area contributed by atoms with Crippen molar-refractivity contribution in [3.05, 3.63) is 28.2 Å². The zero-order valence-electron chi connectivity index (χ0n) is 12.6. The zero-order valence-corrected chi connectivity index (χ0v) is 14.2. The summed E-state index contributed by atoms with van der Waals surface area (Å²) < 4.78 is 0.767. The van der Waals surface area contributed by atoms with Crippen LogP contribution in [0.2, 0.25) is 0 Å². The summed E-state index contributed by atoms with van der Waals surface area (Å²) in [5.74, 6) is 0.303. The molecule has 0 aromatic heterocycles. The van der Waals surface area contributed by atoms with Crippen LogP contribution in [0.3, 0.4) is 0 Å². The molecule has 0 unspecified atom stereocenters. The van der Waals surface area contributed by atoms with Crippen molar-refractivity contribution < 1.29 is 5.11 Å². The molecule has 0 saturated heterocycles. The molecule has 2 nitrogen and oxygen atoms in total. The van der Waals surface area contributed by atoms with E-state index in [-0.39, 0.29) is 0 Å². The minimum Gasteiger partial charge on any atom is -0.507 e. The molecule has 1 rings (SSSR count). The Bertz CT molecular complexity index is 368. The Labute approximate surface area is 132 Å². The lowest BCUT2D eigenvalue weighted by atomic mass is 10.1. The van der Waals surface area contributed by atoms with E-state index < -0.39 is 0 Å². The van der Waals surface area contributed by atoms with Crippen LogP contribution in [0.5, 0.6) is 5.75 Å². The molecule has 0 atom stereocenters. The first-order chi connectivity index (χ1) is 9.74. The van der Waals surface area contributed by atoms with Crippen molar-refractivity contribution in [1.82, 2.24) is 5.32 Å². The second-order valence-electron chi connectivity index (χ2n) is 5.44. The number of hydrogen-bond donors (Lipinski definition) is 2. The molecule has 0 spiro atoms. The highest BCUT2D eigenvalue weighted by atomic mass is 79.9. The molecule has 0 amide bonds. The van der Waals surface area contributed by atoms with Crippen molar-refractivity contribution in [3.63, 3.8) is 0 Å². The lowest BCUT2D eigenvalue weighted by Crippen LogP contribution is -2.14. The van der Waals surface area contributed by atoms with Crippen LogP contribution in [0.4, 0.5) is 0 Å². The monoisotopic (exact) mass is 341 g/mol. The van der Waals surface area contributed by atoms with Gasteiger partial charge in [-0.15, -0.1) is 0 Å². The van der Waals surface area contributed by atoms with Crippen LogP contribution < -0.4 is 5.32 Å². The number of nitrogens with one attached hydrogen (secondary N) is 1. The second-order valence-corrected chi connectivity index (χ2v) is 6.29. The first-order valence-corrected chi connectivity index (χ1v) is 8.71. The van der Waals surface area contributed by atoms with Crippen molar-refractivity contribution >= 4 is 15.9 Å². The lowest BCUT2D eigenvalue weighted by molar-refractivity contribution is 0.471. The van der Waals surface area contributed by atoms with Crippen molar-refractivity contribution in [2.75, 3.05) is 6.54 Å². The Balaban J connectivity index is 1.95. The van der Waals surface area contributed by atoms with Crippen molar-refractivity contribution in [3.8, 4) is 5.75 Å². The molecular weight excluding hydrogens is 314 g/mol. The minimum absolute atomic E-state index is 0.303. The molecular formula is C17H28BrNO. The van der Waals surface area contributed by atoms with Gasteiger partial charge in [0.05, 0.1) is 4.47 Å². The van der Waals surface area contributed by atoms with Crippen molar-refractivity contribution in [2.24, 2.45) is 0 Å². The van der Waals surface area contributed by atoms with E-state index in [2.05, 4.69) is 28.2 Å². The Kier molecular flexibility index (Phi) is 9.77. The third kappa shape index (κ3) is 7.91. The average Bonchev–Trinajstić information content (AvgIpc) is 2.45. The Morgan fingerprint density at radius 1 is 1.00 bits per heavy atom. The third-order valence-electron chi connectivity index (χ3n) is 3.55. The summed E-state index contributed by atoms with van der Waals surface area (Å²) in [5.41, 5.74) is 1.20. The molecule has 0 heterocycles. The van der Waals surface area contributed by atoms with Gasteiger partial charge in [0.25, 0.3) is 0 Å². The van der Waals surface area contributed by atoms with E-state index in [0.717, 1.165) is 17.6 Å². The Morgan fingerprint density at radius 3 is 2.30 bits per heavy atom. The molecule has 20 heavy (non-hydrogen) atoms. The summed E-state index contributed by atoms with van der Waals surface area (Å²) in [4.78, 5) is 0. The van der Waals surface area contributed by atoms with Crippen molar-refractivity contribution in [2.45, 2.75) is 64.8 Å². The number of halogens is 1. The number of rotatable bonds is 11. The van der Waals surface area contributed by atoms with E-state index in [1.54, 1.807) is 6.07 Å². The normalized spacial score (nSPS) is 10.9. The molecule has 0 radical (unpaired) electrons. The highest BCUT2D eigenvalue weighted by Crippen LogP contribution is 2.24. The summed E-state index contributed by atoms with van der Waals surface area (Å²) in [6.45, 7) is 4.21. The van der Waals surface area contributed by atoms with E-state index in [9.17, 15) is 5.11 Å². The first kappa shape index (κ1) is 17.5. The maximum atomic E-state index is 9.42. The highest BCUT2D eigenvalue weighted by Gasteiger charge is 1.99. The quantitative estimate of drug-likeness (QED) is 0.529. The molecule has 114 valence electrons. The molecule has 1 aromatic carbocycles. The fraction of sp³-hybridized carbons (Fsp3) is 0.647. The van der Waals surface area contributed by atoms with E-state index >= 15 is 0 Å². The molecule has 0 aliphatic carbocycles. The fourth-order valence-electron chi connectivity index (χ4n) is 2.28. The predicted octanol–water partition coefficient (Wildman–Crippen LogP) is 5.39. The summed E-state index contributed by atoms with van der Waals surface area (Å²) in [6.07, 6.45) is 10.9. The van der Waals surface area contributed by atoms with Crippen molar-refractivity contribution in [1.29, 1.82) is 0 Å². The number of unbranched alkanes of at least 4 members (excludes halogenated alkanes) is 7. The van der Waals surface area contributed by atoms with Crippen LogP contribution in [-0.2, 0) is 6.54 Å². The van der Waals surface area contributed by atoms with Gasteiger partial charge in [-0.3, -0.25) is 0 Å². The molecule has 3 heteroatoms. The molecule has 0 aliphatic heterocycles. The van der Waals surface area contributed by atoms with Gasteiger partial charge in [-0.25, -0.2) is 0 Å². The molecule has 0 bridgehead atoms. The average molecular weight is 342 g/mol. The second kappa shape index (κ2) is 11.2. The summed E-state index contributed by atoms with van der Waals surface area (Å²) in [5, 5.41) is 12.9. The maximum Gasteiger partial charge on any atom is 0.129 e. The SMILES string of the molecule is CCCCCCCCCCNCc1ccc(O)c(Br)c1. The Morgan fingerprint density at radius 2 is 1.65 bits per heavy atom. The van der Waals surface area contributed by atoms with Crippen LogP contribution in [0.15, 0.2) is 22.7 Å². The summed E-state index contributed by atoms with van der Waals surface area (Å²) in [7, 11) is 0. The van der Waals surface area contributed by atoms with E-state index in [1.807, 2.05) is 12.1 Å². The van der Waals surface area contributed by atoms with Gasteiger partial charge in [-0.05, 0) is 46.6 Å². The smallest absolute Gasteiger partial charge is 0.129 e. The third-order valence-corrected chi connectivity index (χ3v) is 4.18. The zero-order chi connectivity index (χ0) is 14.6. The minimum atomic E-state index is 0.303. The molecule has 2 N–H and O–H groups in total. The number of benzene rings is 1. The van der Waals surface area contributed by atoms with E-state index in [1.165, 1.54) is 56.9 Å². The van der Waals surface area contributed by atoms with Gasteiger partial charge in [0, 0.05) is 6.54 Å². The highest BCUT2D eigenvalue weighted by molar-refractivity contribution is 9.10. The number of aromatic hydroxyl groups is 1. The summed E-state index contributed by atoms with van der Waals surface area (Å²) >= 11 is 3.34. The molecule has 0 fully saturated rings. The van der Waals surface area contributed by atoms with Gasteiger partial charge in [0.1, 0.15) is 5.75 Å². The largest absolute Gasteiger partial charge is 0.507 e.